The van der Waals surface area contributed by atoms with Gasteiger partial charge in [0.15, 0.2) is 0 Å². The monoisotopic (exact) mass is 645 g/mol. The minimum absolute atomic E-state index is 0.0258. The molecule has 2 unspecified atom stereocenters. The molecule has 4 aromatic carbocycles. The largest absolute Gasteiger partial charge is 0.310 e. The highest BCUT2D eigenvalue weighted by molar-refractivity contribution is 5.86. The average Bonchev–Trinajstić information content (AvgIpc) is 3.30. The van der Waals surface area contributed by atoms with Gasteiger partial charge >= 0.3 is 0 Å². The van der Waals surface area contributed by atoms with Crippen LogP contribution in [0.15, 0.2) is 91.0 Å². The van der Waals surface area contributed by atoms with Gasteiger partial charge in [-0.25, -0.2) is 0 Å². The van der Waals surface area contributed by atoms with Gasteiger partial charge in [0.2, 0.25) is 0 Å². The Morgan fingerprint density at radius 2 is 1.02 bits per heavy atom. The summed E-state index contributed by atoms with van der Waals surface area (Å²) in [5, 5.41) is 0. The Morgan fingerprint density at radius 3 is 1.69 bits per heavy atom. The number of nitrogens with zero attached hydrogens (tertiary/aromatic N) is 1. The van der Waals surface area contributed by atoms with Crippen LogP contribution < -0.4 is 4.90 Å². The molecule has 0 spiro atoms. The van der Waals surface area contributed by atoms with E-state index in [0.717, 1.165) is 35.5 Å². The molecule has 1 heteroatoms. The maximum atomic E-state index is 2.67. The van der Waals surface area contributed by atoms with Crippen molar-refractivity contribution in [2.45, 2.75) is 115 Å². The second kappa shape index (κ2) is 10.8. The van der Waals surface area contributed by atoms with Crippen LogP contribution in [0.2, 0.25) is 0 Å². The number of para-hydroxylation sites is 1. The predicted molar refractivity (Wildman–Crippen MR) is 205 cm³/mol. The second-order valence-electron chi connectivity index (χ2n) is 18.9. The van der Waals surface area contributed by atoms with E-state index in [1.54, 1.807) is 11.1 Å². The van der Waals surface area contributed by atoms with Crippen molar-refractivity contribution in [3.05, 3.63) is 113 Å². The molecule has 0 aliphatic heterocycles. The molecule has 0 N–H and O–H groups in total. The Bertz CT molecular complexity index is 1850. The fraction of sp³-hybridized carbons (Fsp3) is 0.500. The summed E-state index contributed by atoms with van der Waals surface area (Å²) in [7, 11) is 0. The molecule has 7 aliphatic rings. The summed E-state index contributed by atoms with van der Waals surface area (Å²) in [5.41, 5.74) is 13.6. The summed E-state index contributed by atoms with van der Waals surface area (Å²) in [6.07, 6.45) is 15.5. The Balaban J connectivity index is 1.12. The maximum Gasteiger partial charge on any atom is 0.0499 e. The highest BCUT2D eigenvalue weighted by atomic mass is 15.1. The second-order valence-corrected chi connectivity index (χ2v) is 18.9. The number of benzene rings is 4. The van der Waals surface area contributed by atoms with Gasteiger partial charge in [-0.2, -0.15) is 0 Å². The zero-order valence-corrected chi connectivity index (χ0v) is 30.3. The van der Waals surface area contributed by atoms with E-state index in [1.807, 2.05) is 0 Å². The Hall–Kier alpha value is -3.32. The van der Waals surface area contributed by atoms with Gasteiger partial charge in [0.05, 0.1) is 0 Å². The summed E-state index contributed by atoms with van der Waals surface area (Å²) < 4.78 is 0. The van der Waals surface area contributed by atoms with Crippen molar-refractivity contribution >= 4 is 17.1 Å². The molecule has 49 heavy (non-hydrogen) atoms. The van der Waals surface area contributed by atoms with E-state index in [9.17, 15) is 0 Å². The van der Waals surface area contributed by atoms with E-state index in [1.165, 1.54) is 110 Å². The smallest absolute Gasteiger partial charge is 0.0499 e. The lowest BCUT2D eigenvalue weighted by Crippen LogP contribution is -2.48. The molecule has 7 aliphatic carbocycles. The first-order valence-corrected chi connectivity index (χ1v) is 19.9. The Morgan fingerprint density at radius 1 is 0.490 bits per heavy atom. The Kier molecular flexibility index (Phi) is 6.75. The van der Waals surface area contributed by atoms with E-state index < -0.39 is 0 Å². The van der Waals surface area contributed by atoms with Crippen LogP contribution in [0.25, 0.3) is 11.1 Å². The first kappa shape index (κ1) is 30.5. The fourth-order valence-corrected chi connectivity index (χ4v) is 13.8. The van der Waals surface area contributed by atoms with Gasteiger partial charge in [-0.3, -0.25) is 0 Å². The summed E-state index contributed by atoms with van der Waals surface area (Å²) in [6, 6.07) is 36.2. The van der Waals surface area contributed by atoms with Crippen LogP contribution >= 0.6 is 0 Å². The minimum Gasteiger partial charge on any atom is -0.310 e. The van der Waals surface area contributed by atoms with E-state index >= 15 is 0 Å². The molecule has 1 nitrogen and oxygen atoms in total. The number of fused-ring (bicyclic) bond motifs is 5. The van der Waals surface area contributed by atoms with Gasteiger partial charge < -0.3 is 4.90 Å². The predicted octanol–water partition coefficient (Wildman–Crippen LogP) is 13.0. The molecule has 6 saturated carbocycles. The van der Waals surface area contributed by atoms with Crippen LogP contribution in [-0.2, 0) is 16.2 Å². The molecule has 0 aromatic heterocycles. The zero-order valence-electron chi connectivity index (χ0n) is 30.3. The SMILES string of the molecule is CC1CC2CC(C)CC(c3ccc(N(c4ccc5c(c4)C(C)(C)c4ccccc4-5)c4ccccc4C45CC6CC(CC(C6)C4)C5)cc3)(C1)C2. The number of anilines is 3. The van der Waals surface area contributed by atoms with Crippen LogP contribution in [0.3, 0.4) is 0 Å². The van der Waals surface area contributed by atoms with Gasteiger partial charge in [0.1, 0.15) is 0 Å². The van der Waals surface area contributed by atoms with Crippen molar-refractivity contribution in [1.82, 2.24) is 0 Å². The molecule has 4 aromatic rings. The number of hydrogen-bond acceptors (Lipinski definition) is 1. The third-order valence-electron chi connectivity index (χ3n) is 14.9. The van der Waals surface area contributed by atoms with E-state index in [0.29, 0.717) is 10.8 Å². The standard InChI is InChI=1S/C48H55N/c1-31-19-33-20-32(2)26-47(25-31,27-33)37-13-15-38(16-14-37)49(39-17-18-41-40-9-5-6-10-42(40)46(3,4)44(41)24-39)45-12-8-7-11-43(45)48-28-34-21-35(29-48)23-36(22-34)30-48/h5-18,24,31-36H,19-23,25-30H2,1-4H3. The summed E-state index contributed by atoms with van der Waals surface area (Å²) in [4.78, 5) is 2.67. The van der Waals surface area contributed by atoms with Gasteiger partial charge in [-0.15, -0.1) is 0 Å². The quantitative estimate of drug-likeness (QED) is 0.209. The molecule has 6 bridgehead atoms. The molecular weight excluding hydrogens is 591 g/mol. The lowest BCUT2D eigenvalue weighted by molar-refractivity contribution is -0.00491. The summed E-state index contributed by atoms with van der Waals surface area (Å²) in [5.74, 6) is 5.32. The van der Waals surface area contributed by atoms with Gasteiger partial charge in [0, 0.05) is 22.5 Å². The summed E-state index contributed by atoms with van der Waals surface area (Å²) >= 11 is 0. The lowest BCUT2D eigenvalue weighted by atomic mass is 9.48. The van der Waals surface area contributed by atoms with Crippen LogP contribution in [0.4, 0.5) is 17.1 Å². The molecule has 6 fully saturated rings. The third kappa shape index (κ3) is 4.69. The van der Waals surface area contributed by atoms with E-state index in [4.69, 9.17) is 0 Å². The first-order chi connectivity index (χ1) is 23.7. The highest BCUT2D eigenvalue weighted by Gasteiger charge is 2.53. The van der Waals surface area contributed by atoms with E-state index in [-0.39, 0.29) is 5.41 Å². The van der Waals surface area contributed by atoms with Crippen molar-refractivity contribution in [3.8, 4) is 11.1 Å². The maximum absolute atomic E-state index is 2.67. The van der Waals surface area contributed by atoms with Crippen LogP contribution in [-0.4, -0.2) is 0 Å². The van der Waals surface area contributed by atoms with Crippen molar-refractivity contribution in [2.75, 3.05) is 4.90 Å². The van der Waals surface area contributed by atoms with Crippen molar-refractivity contribution in [2.24, 2.45) is 35.5 Å². The van der Waals surface area contributed by atoms with Gasteiger partial charge in [-0.1, -0.05) is 88.4 Å². The molecule has 0 radical (unpaired) electrons. The zero-order chi connectivity index (χ0) is 33.1. The van der Waals surface area contributed by atoms with Crippen LogP contribution in [0.5, 0.6) is 0 Å². The lowest BCUT2D eigenvalue weighted by Gasteiger charge is -2.57. The number of hydrogen-bond donors (Lipinski definition) is 0. The highest BCUT2D eigenvalue weighted by Crippen LogP contribution is 2.63. The molecule has 0 amide bonds. The molecular formula is C48H55N. The van der Waals surface area contributed by atoms with Gasteiger partial charge in [0.25, 0.3) is 0 Å². The molecule has 2 atom stereocenters. The normalized spacial score (nSPS) is 34.8. The molecule has 0 saturated heterocycles. The summed E-state index contributed by atoms with van der Waals surface area (Å²) in [6.45, 7) is 9.88. The van der Waals surface area contributed by atoms with Gasteiger partial charge in [-0.05, 0) is 181 Å². The van der Waals surface area contributed by atoms with Crippen molar-refractivity contribution in [3.63, 3.8) is 0 Å². The first-order valence-electron chi connectivity index (χ1n) is 19.9. The average molecular weight is 646 g/mol. The molecule has 252 valence electrons. The van der Waals surface area contributed by atoms with Crippen LogP contribution in [0.1, 0.15) is 121 Å². The van der Waals surface area contributed by atoms with Crippen molar-refractivity contribution < 1.29 is 0 Å². The minimum atomic E-state index is -0.0258. The van der Waals surface area contributed by atoms with E-state index in [2.05, 4.69) is 124 Å². The Labute approximate surface area is 295 Å². The number of rotatable bonds is 5. The third-order valence-corrected chi connectivity index (χ3v) is 14.9. The topological polar surface area (TPSA) is 3.24 Å². The van der Waals surface area contributed by atoms with Crippen LogP contribution in [0, 0.1) is 35.5 Å². The molecule has 11 rings (SSSR count). The van der Waals surface area contributed by atoms with Crippen molar-refractivity contribution in [1.29, 1.82) is 0 Å². The molecule has 0 heterocycles. The fourth-order valence-electron chi connectivity index (χ4n) is 13.8.